The van der Waals surface area contributed by atoms with E-state index in [0.717, 1.165) is 36.7 Å². The lowest BCUT2D eigenvalue weighted by molar-refractivity contribution is 0.186. The number of aliphatic hydroxyl groups excluding tert-OH is 1. The lowest BCUT2D eigenvalue weighted by atomic mass is 9.95. The van der Waals surface area contributed by atoms with Gasteiger partial charge in [0.25, 0.3) is 0 Å². The molecule has 3 aromatic rings. The molecule has 1 aromatic carbocycles. The molecular formula is C19H23N3O2. The van der Waals surface area contributed by atoms with Crippen molar-refractivity contribution >= 4 is 11.0 Å². The van der Waals surface area contributed by atoms with Gasteiger partial charge in [0.1, 0.15) is 11.3 Å². The summed E-state index contributed by atoms with van der Waals surface area (Å²) in [5, 5.41) is 14.8. The van der Waals surface area contributed by atoms with E-state index in [1.807, 2.05) is 29.1 Å². The summed E-state index contributed by atoms with van der Waals surface area (Å²) in [4.78, 5) is 2.46. The molecule has 1 aliphatic heterocycles. The summed E-state index contributed by atoms with van der Waals surface area (Å²) in [5.41, 5.74) is 2.10. The van der Waals surface area contributed by atoms with Crippen molar-refractivity contribution in [2.45, 2.75) is 31.8 Å². The van der Waals surface area contributed by atoms with Gasteiger partial charge in [-0.05, 0) is 37.6 Å². The maximum Gasteiger partial charge on any atom is 0.134 e. The van der Waals surface area contributed by atoms with E-state index >= 15 is 0 Å². The number of aromatic nitrogens is 2. The summed E-state index contributed by atoms with van der Waals surface area (Å²) < 4.78 is 7.79. The zero-order valence-corrected chi connectivity index (χ0v) is 13.8. The molecule has 1 atom stereocenters. The standard InChI is InChI=1S/C19H23N3O2/c23-11-10-22-9-7-18(20-22)16-5-3-8-21(13-16)14-17-12-15-4-1-2-6-19(15)24-17/h1-2,4,6-7,9,12,16,23H,3,5,8,10-11,13-14H2/t16-/m1/s1. The SMILES string of the molecule is OCCn1ccc([C@@H]2CCCN(Cc3cc4ccccc4o3)C2)n1. The molecule has 126 valence electrons. The third-order valence-electron chi connectivity index (χ3n) is 4.77. The van der Waals surface area contributed by atoms with Gasteiger partial charge in [-0.3, -0.25) is 9.58 Å². The molecule has 1 aliphatic rings. The molecule has 5 heteroatoms. The van der Waals surface area contributed by atoms with Crippen molar-refractivity contribution in [3.8, 4) is 0 Å². The topological polar surface area (TPSA) is 54.4 Å². The van der Waals surface area contributed by atoms with Crippen LogP contribution in [0.25, 0.3) is 11.0 Å². The Bertz CT molecular complexity index is 775. The number of para-hydroxylation sites is 1. The first-order valence-electron chi connectivity index (χ1n) is 8.66. The maximum atomic E-state index is 9.03. The minimum absolute atomic E-state index is 0.129. The summed E-state index contributed by atoms with van der Waals surface area (Å²) in [6, 6.07) is 12.4. The highest BCUT2D eigenvalue weighted by Crippen LogP contribution is 2.28. The summed E-state index contributed by atoms with van der Waals surface area (Å²) in [5.74, 6) is 1.49. The van der Waals surface area contributed by atoms with Crippen molar-refractivity contribution in [1.82, 2.24) is 14.7 Å². The number of likely N-dealkylation sites (tertiary alicyclic amines) is 1. The number of furan rings is 1. The molecule has 0 saturated carbocycles. The Kier molecular flexibility index (Phi) is 4.36. The van der Waals surface area contributed by atoms with Crippen LogP contribution in [0.4, 0.5) is 0 Å². The van der Waals surface area contributed by atoms with E-state index in [2.05, 4.69) is 28.2 Å². The zero-order chi connectivity index (χ0) is 16.4. The van der Waals surface area contributed by atoms with Gasteiger partial charge in [0.15, 0.2) is 0 Å². The highest BCUT2D eigenvalue weighted by molar-refractivity contribution is 5.77. The molecule has 3 heterocycles. The van der Waals surface area contributed by atoms with Crippen LogP contribution in [0.15, 0.2) is 47.0 Å². The minimum atomic E-state index is 0.129. The van der Waals surface area contributed by atoms with Crippen molar-refractivity contribution in [2.75, 3.05) is 19.7 Å². The van der Waals surface area contributed by atoms with Crippen molar-refractivity contribution in [2.24, 2.45) is 0 Å². The molecule has 0 radical (unpaired) electrons. The van der Waals surface area contributed by atoms with E-state index in [4.69, 9.17) is 9.52 Å². The fourth-order valence-electron chi connectivity index (χ4n) is 3.60. The van der Waals surface area contributed by atoms with Crippen LogP contribution < -0.4 is 0 Å². The number of aliphatic hydroxyl groups is 1. The average molecular weight is 325 g/mol. The van der Waals surface area contributed by atoms with Crippen molar-refractivity contribution in [3.05, 3.63) is 54.0 Å². The fourth-order valence-corrected chi connectivity index (χ4v) is 3.60. The number of benzene rings is 1. The number of fused-ring (bicyclic) bond motifs is 1. The Morgan fingerprint density at radius 2 is 2.17 bits per heavy atom. The molecule has 4 rings (SSSR count). The predicted molar refractivity (Wildman–Crippen MR) is 92.8 cm³/mol. The summed E-state index contributed by atoms with van der Waals surface area (Å²) >= 11 is 0. The second-order valence-corrected chi connectivity index (χ2v) is 6.55. The van der Waals surface area contributed by atoms with Gasteiger partial charge in [-0.2, -0.15) is 5.10 Å². The lowest BCUT2D eigenvalue weighted by Gasteiger charge is -2.31. The Morgan fingerprint density at radius 3 is 3.04 bits per heavy atom. The van der Waals surface area contributed by atoms with Crippen LogP contribution >= 0.6 is 0 Å². The molecule has 1 saturated heterocycles. The molecule has 0 spiro atoms. The van der Waals surface area contributed by atoms with Crippen molar-refractivity contribution in [1.29, 1.82) is 0 Å². The molecule has 1 N–H and O–H groups in total. The smallest absolute Gasteiger partial charge is 0.134 e. The number of nitrogens with zero attached hydrogens (tertiary/aromatic N) is 3. The Hall–Kier alpha value is -2.11. The minimum Gasteiger partial charge on any atom is -0.460 e. The highest BCUT2D eigenvalue weighted by atomic mass is 16.3. The van der Waals surface area contributed by atoms with Gasteiger partial charge in [-0.1, -0.05) is 18.2 Å². The third kappa shape index (κ3) is 3.23. The van der Waals surface area contributed by atoms with Crippen LogP contribution in [0.3, 0.4) is 0 Å². The molecule has 1 fully saturated rings. The average Bonchev–Trinajstić information content (AvgIpc) is 3.21. The molecule has 5 nitrogen and oxygen atoms in total. The van der Waals surface area contributed by atoms with E-state index in [-0.39, 0.29) is 6.61 Å². The van der Waals surface area contributed by atoms with Crippen LogP contribution in [0, 0.1) is 0 Å². The van der Waals surface area contributed by atoms with Crippen LogP contribution in [-0.2, 0) is 13.1 Å². The van der Waals surface area contributed by atoms with Gasteiger partial charge in [0.2, 0.25) is 0 Å². The molecule has 24 heavy (non-hydrogen) atoms. The number of rotatable bonds is 5. The first-order valence-corrected chi connectivity index (χ1v) is 8.66. The Morgan fingerprint density at radius 1 is 1.25 bits per heavy atom. The monoisotopic (exact) mass is 325 g/mol. The number of hydrogen-bond acceptors (Lipinski definition) is 4. The van der Waals surface area contributed by atoms with Crippen LogP contribution in [0.5, 0.6) is 0 Å². The second-order valence-electron chi connectivity index (χ2n) is 6.55. The van der Waals surface area contributed by atoms with E-state index in [9.17, 15) is 0 Å². The largest absolute Gasteiger partial charge is 0.460 e. The Labute approximate surface area is 141 Å². The van der Waals surface area contributed by atoms with E-state index < -0.39 is 0 Å². The molecule has 2 aromatic heterocycles. The van der Waals surface area contributed by atoms with E-state index in [1.165, 1.54) is 18.2 Å². The molecule has 0 aliphatic carbocycles. The number of piperidine rings is 1. The van der Waals surface area contributed by atoms with Gasteiger partial charge >= 0.3 is 0 Å². The summed E-state index contributed by atoms with van der Waals surface area (Å²) in [6.07, 6.45) is 4.31. The quantitative estimate of drug-likeness (QED) is 0.783. The van der Waals surface area contributed by atoms with Gasteiger partial charge < -0.3 is 9.52 Å². The van der Waals surface area contributed by atoms with Crippen molar-refractivity contribution < 1.29 is 9.52 Å². The molecular weight excluding hydrogens is 302 g/mol. The summed E-state index contributed by atoms with van der Waals surface area (Å²) in [7, 11) is 0. The summed E-state index contributed by atoms with van der Waals surface area (Å²) in [6.45, 7) is 3.65. The lowest BCUT2D eigenvalue weighted by Crippen LogP contribution is -2.34. The van der Waals surface area contributed by atoms with Crippen LogP contribution in [0.2, 0.25) is 0 Å². The molecule has 0 unspecified atom stereocenters. The number of hydrogen-bond donors (Lipinski definition) is 1. The maximum absolute atomic E-state index is 9.03. The van der Waals surface area contributed by atoms with E-state index in [0.29, 0.717) is 12.5 Å². The first kappa shape index (κ1) is 15.4. The van der Waals surface area contributed by atoms with Crippen LogP contribution in [0.1, 0.15) is 30.2 Å². The first-order chi connectivity index (χ1) is 11.8. The third-order valence-corrected chi connectivity index (χ3v) is 4.77. The van der Waals surface area contributed by atoms with Gasteiger partial charge in [-0.15, -0.1) is 0 Å². The highest BCUT2D eigenvalue weighted by Gasteiger charge is 2.24. The molecule has 0 amide bonds. The van der Waals surface area contributed by atoms with E-state index in [1.54, 1.807) is 0 Å². The Balaban J connectivity index is 1.44. The zero-order valence-electron chi connectivity index (χ0n) is 13.8. The van der Waals surface area contributed by atoms with Gasteiger partial charge in [-0.25, -0.2) is 0 Å². The molecule has 0 bridgehead atoms. The van der Waals surface area contributed by atoms with Gasteiger partial charge in [0, 0.05) is 24.0 Å². The van der Waals surface area contributed by atoms with Crippen molar-refractivity contribution in [3.63, 3.8) is 0 Å². The normalized spacial score (nSPS) is 19.1. The second kappa shape index (κ2) is 6.79. The van der Waals surface area contributed by atoms with Crippen LogP contribution in [-0.4, -0.2) is 39.5 Å². The predicted octanol–water partition coefficient (Wildman–Crippen LogP) is 3.00. The van der Waals surface area contributed by atoms with Gasteiger partial charge in [0.05, 0.1) is 25.4 Å². The fraction of sp³-hybridized carbons (Fsp3) is 0.421.